The smallest absolute Gasteiger partial charge is 0.338 e. The van der Waals surface area contributed by atoms with Crippen molar-refractivity contribution in [3.63, 3.8) is 0 Å². The second-order valence-corrected chi connectivity index (χ2v) is 8.55. The first kappa shape index (κ1) is 22.3. The molecule has 7 heteroatoms. The van der Waals surface area contributed by atoms with E-state index in [0.717, 1.165) is 33.5 Å². The summed E-state index contributed by atoms with van der Waals surface area (Å²) < 4.78 is 5.47. The first-order chi connectivity index (χ1) is 16.9. The van der Waals surface area contributed by atoms with Crippen molar-refractivity contribution in [3.8, 4) is 11.4 Å². The number of aromatic amines is 1. The number of para-hydroxylation sites is 1. The highest BCUT2D eigenvalue weighted by molar-refractivity contribution is 6.03. The Kier molecular flexibility index (Phi) is 5.74. The molecule has 1 atom stereocenters. The summed E-state index contributed by atoms with van der Waals surface area (Å²) in [4.78, 5) is 37.9. The Morgan fingerprint density at radius 2 is 1.69 bits per heavy atom. The summed E-state index contributed by atoms with van der Waals surface area (Å²) in [6.45, 7) is 5.44. The highest BCUT2D eigenvalue weighted by atomic mass is 16.5. The number of carbonyl (C=O) groups excluding carboxylic acids is 2. The van der Waals surface area contributed by atoms with Crippen LogP contribution in [0.2, 0.25) is 0 Å². The summed E-state index contributed by atoms with van der Waals surface area (Å²) in [6.07, 6.45) is -0.990. The number of fused-ring (bicyclic) bond motifs is 2. The molecule has 0 bridgehead atoms. The van der Waals surface area contributed by atoms with Crippen molar-refractivity contribution in [2.24, 2.45) is 0 Å². The van der Waals surface area contributed by atoms with Gasteiger partial charge in [0.25, 0.3) is 5.91 Å². The third-order valence-electron chi connectivity index (χ3n) is 5.80. The van der Waals surface area contributed by atoms with E-state index in [-0.39, 0.29) is 0 Å². The maximum atomic E-state index is 12.8. The normalized spacial score (nSPS) is 12.0. The topological polar surface area (TPSA) is 97.0 Å². The fourth-order valence-corrected chi connectivity index (χ4v) is 3.91. The van der Waals surface area contributed by atoms with E-state index in [4.69, 9.17) is 4.74 Å². The molecule has 1 amide bonds. The fourth-order valence-electron chi connectivity index (χ4n) is 3.91. The number of benzene rings is 3. The number of hydrogen-bond acceptors (Lipinski definition) is 5. The molecule has 2 heterocycles. The summed E-state index contributed by atoms with van der Waals surface area (Å²) in [5.41, 5.74) is 6.10. The molecule has 0 aliphatic carbocycles. The molecule has 7 nitrogen and oxygen atoms in total. The van der Waals surface area contributed by atoms with Gasteiger partial charge in [0.05, 0.1) is 27.8 Å². The SMILES string of the molecule is Cc1ccc(-c2nc3ccc(C(=O)OC(C)C(=O)Nc4cc(C)nc5ccccc45)cc3[nH]2)cc1. The number of imidazole rings is 1. The molecule has 1 unspecified atom stereocenters. The first-order valence-corrected chi connectivity index (χ1v) is 11.3. The maximum absolute atomic E-state index is 12.8. The van der Waals surface area contributed by atoms with Gasteiger partial charge in [-0.2, -0.15) is 0 Å². The fraction of sp³-hybridized carbons (Fsp3) is 0.143. The third kappa shape index (κ3) is 4.61. The number of aromatic nitrogens is 3. The average molecular weight is 465 g/mol. The van der Waals surface area contributed by atoms with Crippen molar-refractivity contribution in [1.29, 1.82) is 0 Å². The summed E-state index contributed by atoms with van der Waals surface area (Å²) in [5.74, 6) is -0.284. The lowest BCUT2D eigenvalue weighted by atomic mass is 10.1. The van der Waals surface area contributed by atoms with Crippen molar-refractivity contribution in [2.75, 3.05) is 5.32 Å². The summed E-state index contributed by atoms with van der Waals surface area (Å²) in [7, 11) is 0. The highest BCUT2D eigenvalue weighted by Crippen LogP contribution is 2.24. The molecule has 0 aliphatic rings. The minimum Gasteiger partial charge on any atom is -0.449 e. The van der Waals surface area contributed by atoms with E-state index in [0.29, 0.717) is 16.8 Å². The molecule has 0 aliphatic heterocycles. The number of nitrogens with zero attached hydrogens (tertiary/aromatic N) is 2. The largest absolute Gasteiger partial charge is 0.449 e. The van der Waals surface area contributed by atoms with Gasteiger partial charge in [-0.05, 0) is 51.1 Å². The molecule has 0 saturated carbocycles. The van der Waals surface area contributed by atoms with Crippen LogP contribution in [0.4, 0.5) is 5.69 Å². The van der Waals surface area contributed by atoms with Gasteiger partial charge in [0, 0.05) is 16.6 Å². The van der Waals surface area contributed by atoms with E-state index >= 15 is 0 Å². The molecular weight excluding hydrogens is 440 g/mol. The lowest BCUT2D eigenvalue weighted by Gasteiger charge is -2.15. The van der Waals surface area contributed by atoms with Crippen LogP contribution in [0.25, 0.3) is 33.3 Å². The summed E-state index contributed by atoms with van der Waals surface area (Å²) >= 11 is 0. The van der Waals surface area contributed by atoms with Crippen LogP contribution in [0.15, 0.2) is 72.8 Å². The van der Waals surface area contributed by atoms with Crippen molar-refractivity contribution >= 4 is 39.5 Å². The van der Waals surface area contributed by atoms with Crippen molar-refractivity contribution < 1.29 is 14.3 Å². The Morgan fingerprint density at radius 3 is 2.49 bits per heavy atom. The molecule has 0 fully saturated rings. The van der Waals surface area contributed by atoms with E-state index in [1.807, 2.05) is 62.4 Å². The third-order valence-corrected chi connectivity index (χ3v) is 5.80. The number of hydrogen-bond donors (Lipinski definition) is 2. The van der Waals surface area contributed by atoms with Crippen molar-refractivity contribution in [2.45, 2.75) is 26.9 Å². The average Bonchev–Trinajstić information content (AvgIpc) is 3.27. The zero-order valence-corrected chi connectivity index (χ0v) is 19.6. The molecule has 174 valence electrons. The maximum Gasteiger partial charge on any atom is 0.338 e. The van der Waals surface area contributed by atoms with Gasteiger partial charge >= 0.3 is 5.97 Å². The molecule has 5 rings (SSSR count). The van der Waals surface area contributed by atoms with Gasteiger partial charge in [-0.3, -0.25) is 9.78 Å². The van der Waals surface area contributed by atoms with E-state index in [2.05, 4.69) is 20.3 Å². The van der Waals surface area contributed by atoms with E-state index in [1.165, 1.54) is 5.56 Å². The highest BCUT2D eigenvalue weighted by Gasteiger charge is 2.21. The molecule has 2 aromatic heterocycles. The number of ether oxygens (including phenoxy) is 1. The van der Waals surface area contributed by atoms with Crippen LogP contribution in [0.1, 0.15) is 28.5 Å². The Labute approximate surface area is 202 Å². The van der Waals surface area contributed by atoms with Crippen molar-refractivity contribution in [3.05, 3.63) is 89.6 Å². The standard InChI is InChI=1S/C28H24N4O3/c1-16-8-10-19(11-9-16)26-30-23-13-12-20(15-25(23)31-26)28(34)35-18(3)27(33)32-24-14-17(2)29-22-7-5-4-6-21(22)24/h4-15,18H,1-3H3,(H,30,31)(H,29,32,33). The summed E-state index contributed by atoms with van der Waals surface area (Å²) in [6, 6.07) is 22.5. The van der Waals surface area contributed by atoms with Crippen LogP contribution >= 0.6 is 0 Å². The number of rotatable bonds is 5. The Bertz CT molecular complexity index is 1570. The molecule has 0 spiro atoms. The zero-order valence-electron chi connectivity index (χ0n) is 19.6. The second-order valence-electron chi connectivity index (χ2n) is 8.55. The predicted molar refractivity (Wildman–Crippen MR) is 136 cm³/mol. The van der Waals surface area contributed by atoms with E-state index in [9.17, 15) is 9.59 Å². The van der Waals surface area contributed by atoms with Gasteiger partial charge in [0.1, 0.15) is 5.82 Å². The Balaban J connectivity index is 1.31. The quantitative estimate of drug-likeness (QED) is 0.331. The van der Waals surface area contributed by atoms with Gasteiger partial charge < -0.3 is 15.0 Å². The summed E-state index contributed by atoms with van der Waals surface area (Å²) in [5, 5.41) is 3.68. The van der Waals surface area contributed by atoms with Crippen LogP contribution in [0.5, 0.6) is 0 Å². The number of esters is 1. The number of anilines is 1. The van der Waals surface area contributed by atoms with Gasteiger partial charge in [-0.1, -0.05) is 48.0 Å². The van der Waals surface area contributed by atoms with Crippen LogP contribution < -0.4 is 5.32 Å². The first-order valence-electron chi connectivity index (χ1n) is 11.3. The van der Waals surface area contributed by atoms with E-state index in [1.54, 1.807) is 31.2 Å². The number of pyridine rings is 1. The minimum absolute atomic E-state index is 0.335. The molecule has 35 heavy (non-hydrogen) atoms. The number of amides is 1. The van der Waals surface area contributed by atoms with Gasteiger partial charge in [-0.15, -0.1) is 0 Å². The lowest BCUT2D eigenvalue weighted by Crippen LogP contribution is -2.30. The zero-order chi connectivity index (χ0) is 24.5. The van der Waals surface area contributed by atoms with Crippen LogP contribution in [-0.4, -0.2) is 32.9 Å². The van der Waals surface area contributed by atoms with Crippen LogP contribution in [0, 0.1) is 13.8 Å². The minimum atomic E-state index is -0.990. The van der Waals surface area contributed by atoms with Gasteiger partial charge in [0.2, 0.25) is 0 Å². The number of carbonyl (C=O) groups is 2. The van der Waals surface area contributed by atoms with Gasteiger partial charge in [0.15, 0.2) is 6.10 Å². The molecular formula is C28H24N4O3. The number of nitrogens with one attached hydrogen (secondary N) is 2. The Morgan fingerprint density at radius 1 is 0.914 bits per heavy atom. The molecule has 3 aromatic carbocycles. The van der Waals surface area contributed by atoms with E-state index < -0.39 is 18.0 Å². The lowest BCUT2D eigenvalue weighted by molar-refractivity contribution is -0.123. The van der Waals surface area contributed by atoms with Crippen LogP contribution in [0.3, 0.4) is 0 Å². The predicted octanol–water partition coefficient (Wildman–Crippen LogP) is 5.58. The van der Waals surface area contributed by atoms with Crippen LogP contribution in [-0.2, 0) is 9.53 Å². The van der Waals surface area contributed by atoms with Crippen molar-refractivity contribution in [1.82, 2.24) is 15.0 Å². The van der Waals surface area contributed by atoms with Gasteiger partial charge in [-0.25, -0.2) is 9.78 Å². The molecule has 0 radical (unpaired) electrons. The molecule has 0 saturated heterocycles. The number of aryl methyl sites for hydroxylation is 2. The number of H-pyrrole nitrogens is 1. The Hall–Kier alpha value is -4.52. The second kappa shape index (κ2) is 9.02. The monoisotopic (exact) mass is 464 g/mol. The molecule has 2 N–H and O–H groups in total. The molecule has 5 aromatic rings.